The van der Waals surface area contributed by atoms with Crippen LogP contribution in [0.4, 0.5) is 17.6 Å². The number of esters is 1. The van der Waals surface area contributed by atoms with E-state index in [4.69, 9.17) is 21.1 Å². The number of ether oxygens (including phenoxy) is 2. The van der Waals surface area contributed by atoms with Crippen molar-refractivity contribution >= 4 is 17.6 Å². The smallest absolute Gasteiger partial charge is 0.416 e. The van der Waals surface area contributed by atoms with Crippen molar-refractivity contribution in [3.63, 3.8) is 0 Å². The molecule has 146 valence electrons. The van der Waals surface area contributed by atoms with Crippen LogP contribution in [0.3, 0.4) is 0 Å². The van der Waals surface area contributed by atoms with E-state index in [2.05, 4.69) is 0 Å². The fraction of sp³-hybridized carbons (Fsp3) is 0.316. The highest BCUT2D eigenvalue weighted by atomic mass is 35.5. The average molecular weight is 405 g/mol. The summed E-state index contributed by atoms with van der Waals surface area (Å²) in [4.78, 5) is 11.5. The monoisotopic (exact) mass is 404 g/mol. The van der Waals surface area contributed by atoms with Gasteiger partial charge in [-0.1, -0.05) is 18.5 Å². The summed E-state index contributed by atoms with van der Waals surface area (Å²) in [6, 6.07) is 6.54. The quantitative estimate of drug-likeness (QED) is 0.408. The molecule has 0 bridgehead atoms. The van der Waals surface area contributed by atoms with Gasteiger partial charge in [0.1, 0.15) is 17.3 Å². The summed E-state index contributed by atoms with van der Waals surface area (Å²) in [5.74, 6) is -0.767. The van der Waals surface area contributed by atoms with Crippen molar-refractivity contribution in [3.05, 3.63) is 58.4 Å². The third kappa shape index (κ3) is 6.13. The van der Waals surface area contributed by atoms with Crippen LogP contribution in [0.5, 0.6) is 11.5 Å². The van der Waals surface area contributed by atoms with Gasteiger partial charge in [0.25, 0.3) is 0 Å². The molecule has 0 N–H and O–H groups in total. The molecular formula is C19H17ClF4O3. The summed E-state index contributed by atoms with van der Waals surface area (Å²) in [5.41, 5.74) is -0.672. The highest BCUT2D eigenvalue weighted by molar-refractivity contribution is 6.32. The van der Waals surface area contributed by atoms with Gasteiger partial charge in [0.05, 0.1) is 17.2 Å². The van der Waals surface area contributed by atoms with Crippen LogP contribution in [0.1, 0.15) is 30.9 Å². The van der Waals surface area contributed by atoms with Gasteiger partial charge in [-0.3, -0.25) is 4.79 Å². The zero-order chi connectivity index (χ0) is 20.0. The van der Waals surface area contributed by atoms with Gasteiger partial charge < -0.3 is 9.47 Å². The number of hydrogen-bond acceptors (Lipinski definition) is 3. The molecule has 2 aromatic rings. The van der Waals surface area contributed by atoms with Crippen LogP contribution >= 0.6 is 11.6 Å². The predicted octanol–water partition coefficient (Wildman–Crippen LogP) is 6.18. The lowest BCUT2D eigenvalue weighted by Gasteiger charge is -2.12. The van der Waals surface area contributed by atoms with E-state index in [1.807, 2.05) is 6.92 Å². The zero-order valence-corrected chi connectivity index (χ0v) is 15.2. The second-order valence-electron chi connectivity index (χ2n) is 5.72. The molecule has 0 atom stereocenters. The molecule has 2 aromatic carbocycles. The fourth-order valence-corrected chi connectivity index (χ4v) is 2.44. The molecule has 2 rings (SSSR count). The summed E-state index contributed by atoms with van der Waals surface area (Å²) in [5, 5.41) is -0.223. The van der Waals surface area contributed by atoms with Crippen LogP contribution in [0.25, 0.3) is 0 Å². The number of rotatable bonds is 7. The molecule has 0 spiro atoms. The second-order valence-corrected chi connectivity index (χ2v) is 6.13. The third-order valence-electron chi connectivity index (χ3n) is 3.57. The number of carbonyl (C=O) groups is 1. The first-order chi connectivity index (χ1) is 12.7. The van der Waals surface area contributed by atoms with Crippen molar-refractivity contribution in [2.75, 3.05) is 6.61 Å². The largest absolute Gasteiger partial charge is 0.466 e. The second kappa shape index (κ2) is 9.08. The van der Waals surface area contributed by atoms with Crippen LogP contribution in [0.2, 0.25) is 5.02 Å². The van der Waals surface area contributed by atoms with Crippen LogP contribution in [0, 0.1) is 5.82 Å². The lowest BCUT2D eigenvalue weighted by molar-refractivity contribution is -0.143. The molecule has 0 radical (unpaired) electrons. The van der Waals surface area contributed by atoms with Gasteiger partial charge in [-0.05, 0) is 54.8 Å². The maximum Gasteiger partial charge on any atom is 0.416 e. The van der Waals surface area contributed by atoms with Crippen LogP contribution < -0.4 is 4.74 Å². The highest BCUT2D eigenvalue weighted by Gasteiger charge is 2.31. The van der Waals surface area contributed by atoms with Gasteiger partial charge in [0.15, 0.2) is 0 Å². The Morgan fingerprint density at radius 1 is 1.15 bits per heavy atom. The molecule has 0 saturated heterocycles. The van der Waals surface area contributed by atoms with Crippen molar-refractivity contribution in [1.29, 1.82) is 0 Å². The molecule has 0 aromatic heterocycles. The summed E-state index contributed by atoms with van der Waals surface area (Å²) < 4.78 is 62.3. The summed E-state index contributed by atoms with van der Waals surface area (Å²) in [6.45, 7) is 2.16. The summed E-state index contributed by atoms with van der Waals surface area (Å²) in [7, 11) is 0. The van der Waals surface area contributed by atoms with Crippen LogP contribution in [-0.4, -0.2) is 12.6 Å². The lowest BCUT2D eigenvalue weighted by atomic mass is 10.1. The number of carbonyl (C=O) groups excluding carboxylic acids is 1. The maximum absolute atomic E-state index is 13.9. The fourth-order valence-electron chi connectivity index (χ4n) is 2.22. The Morgan fingerprint density at radius 2 is 1.89 bits per heavy atom. The molecule has 0 aliphatic carbocycles. The SMILES string of the molecule is CCCOC(=O)CCc1cc(Oc2ccc(C(F)(F)F)cc2Cl)ccc1F. The van der Waals surface area contributed by atoms with E-state index in [1.54, 1.807) is 0 Å². The first-order valence-corrected chi connectivity index (χ1v) is 8.57. The molecule has 0 fully saturated rings. The van der Waals surface area contributed by atoms with E-state index in [9.17, 15) is 22.4 Å². The first kappa shape index (κ1) is 21.0. The molecule has 0 unspecified atom stereocenters. The van der Waals surface area contributed by atoms with E-state index in [-0.39, 0.29) is 34.9 Å². The molecule has 0 saturated carbocycles. The molecule has 0 amide bonds. The molecule has 0 heterocycles. The van der Waals surface area contributed by atoms with Crippen molar-refractivity contribution in [2.24, 2.45) is 0 Å². The van der Waals surface area contributed by atoms with Crippen molar-refractivity contribution in [1.82, 2.24) is 0 Å². The Balaban J connectivity index is 2.10. The Morgan fingerprint density at radius 3 is 2.52 bits per heavy atom. The van der Waals surface area contributed by atoms with Gasteiger partial charge in [0, 0.05) is 6.42 Å². The minimum atomic E-state index is -4.52. The highest BCUT2D eigenvalue weighted by Crippen LogP contribution is 2.36. The molecule has 8 heteroatoms. The Kier molecular flexibility index (Phi) is 7.07. The van der Waals surface area contributed by atoms with Crippen molar-refractivity contribution < 1.29 is 31.8 Å². The molecule has 3 nitrogen and oxygen atoms in total. The van der Waals surface area contributed by atoms with E-state index in [0.29, 0.717) is 13.0 Å². The molecule has 0 aliphatic rings. The average Bonchev–Trinajstić information content (AvgIpc) is 2.61. The van der Waals surface area contributed by atoms with Crippen LogP contribution in [-0.2, 0) is 22.1 Å². The first-order valence-electron chi connectivity index (χ1n) is 8.19. The molecule has 27 heavy (non-hydrogen) atoms. The van der Waals surface area contributed by atoms with E-state index in [1.165, 1.54) is 12.1 Å². The van der Waals surface area contributed by atoms with Gasteiger partial charge in [-0.2, -0.15) is 13.2 Å². The Labute approximate surface area is 158 Å². The standard InChI is InChI=1S/C19H17ClF4O3/c1-2-9-26-18(25)8-3-12-10-14(5-6-16(12)21)27-17-7-4-13(11-15(17)20)19(22,23)24/h4-7,10-11H,2-3,8-9H2,1H3. The number of halogens is 5. The van der Waals surface area contributed by atoms with Crippen LogP contribution in [0.15, 0.2) is 36.4 Å². The normalized spacial score (nSPS) is 11.3. The maximum atomic E-state index is 13.9. The van der Waals surface area contributed by atoms with E-state index in [0.717, 1.165) is 24.3 Å². The number of aryl methyl sites for hydroxylation is 1. The topological polar surface area (TPSA) is 35.5 Å². The number of benzene rings is 2. The van der Waals surface area contributed by atoms with Crippen molar-refractivity contribution in [2.45, 2.75) is 32.4 Å². The minimum Gasteiger partial charge on any atom is -0.466 e. The van der Waals surface area contributed by atoms with Gasteiger partial charge in [-0.15, -0.1) is 0 Å². The van der Waals surface area contributed by atoms with Crippen molar-refractivity contribution in [3.8, 4) is 11.5 Å². The zero-order valence-electron chi connectivity index (χ0n) is 14.4. The van der Waals surface area contributed by atoms with Gasteiger partial charge in [-0.25, -0.2) is 4.39 Å². The predicted molar refractivity (Wildman–Crippen MR) is 92.5 cm³/mol. The van der Waals surface area contributed by atoms with E-state index < -0.39 is 23.5 Å². The summed E-state index contributed by atoms with van der Waals surface area (Å²) in [6.07, 6.45) is -3.72. The summed E-state index contributed by atoms with van der Waals surface area (Å²) >= 11 is 5.85. The molecular weight excluding hydrogens is 388 g/mol. The number of hydrogen-bond donors (Lipinski definition) is 0. The molecule has 0 aliphatic heterocycles. The lowest BCUT2D eigenvalue weighted by Crippen LogP contribution is -2.07. The minimum absolute atomic E-state index is 0.00140. The van der Waals surface area contributed by atoms with E-state index >= 15 is 0 Å². The Bertz CT molecular complexity index is 806. The number of alkyl halides is 3. The Hall–Kier alpha value is -2.28. The van der Waals surface area contributed by atoms with Gasteiger partial charge >= 0.3 is 12.1 Å². The van der Waals surface area contributed by atoms with Gasteiger partial charge in [0.2, 0.25) is 0 Å². The third-order valence-corrected chi connectivity index (χ3v) is 3.87.